The third-order valence-corrected chi connectivity index (χ3v) is 4.24. The number of carbonyl (C=O) groups is 1. The zero-order chi connectivity index (χ0) is 17.1. The minimum Gasteiger partial charge on any atom is -0.347 e. The summed E-state index contributed by atoms with van der Waals surface area (Å²) in [7, 11) is 0. The second-order valence-corrected chi connectivity index (χ2v) is 5.87. The van der Waals surface area contributed by atoms with Gasteiger partial charge in [-0.25, -0.2) is 9.78 Å². The van der Waals surface area contributed by atoms with Gasteiger partial charge in [-0.05, 0) is 38.3 Å². The Labute approximate surface area is 139 Å². The number of imidazole rings is 1. The first-order chi connectivity index (χ1) is 11.6. The molecular formula is C16H19N5O3. The Bertz CT molecular complexity index is 744. The molecule has 0 spiro atoms. The van der Waals surface area contributed by atoms with Crippen molar-refractivity contribution in [3.8, 4) is 0 Å². The van der Waals surface area contributed by atoms with E-state index in [0.29, 0.717) is 17.8 Å². The molecule has 0 saturated carbocycles. The Balaban J connectivity index is 1.76. The molecule has 2 aromatic rings. The number of likely N-dealkylation sites (tertiary alicyclic amines) is 1. The van der Waals surface area contributed by atoms with E-state index >= 15 is 0 Å². The van der Waals surface area contributed by atoms with Gasteiger partial charge < -0.3 is 15.2 Å². The van der Waals surface area contributed by atoms with E-state index in [2.05, 4.69) is 15.3 Å². The Kier molecular flexibility index (Phi) is 4.45. The lowest BCUT2D eigenvalue weighted by Crippen LogP contribution is -2.41. The van der Waals surface area contributed by atoms with Gasteiger partial charge in [-0.3, -0.25) is 10.1 Å². The second kappa shape index (κ2) is 6.69. The highest BCUT2D eigenvalue weighted by Crippen LogP contribution is 2.29. The quantitative estimate of drug-likeness (QED) is 0.665. The smallest absolute Gasteiger partial charge is 0.322 e. The topological polar surface area (TPSA) is 104 Å². The summed E-state index contributed by atoms with van der Waals surface area (Å²) in [5.41, 5.74) is 1.10. The fourth-order valence-corrected chi connectivity index (χ4v) is 3.05. The van der Waals surface area contributed by atoms with E-state index in [1.807, 2.05) is 0 Å². The Morgan fingerprint density at radius 3 is 2.96 bits per heavy atom. The number of aryl methyl sites for hydroxylation is 1. The number of aromatic amines is 1. The van der Waals surface area contributed by atoms with Gasteiger partial charge in [0.2, 0.25) is 0 Å². The van der Waals surface area contributed by atoms with E-state index < -0.39 is 4.92 Å². The van der Waals surface area contributed by atoms with Crippen LogP contribution in [0.15, 0.2) is 30.6 Å². The summed E-state index contributed by atoms with van der Waals surface area (Å²) in [6.45, 7) is 2.31. The summed E-state index contributed by atoms with van der Waals surface area (Å²) in [5, 5.41) is 13.7. The van der Waals surface area contributed by atoms with Crippen molar-refractivity contribution in [3.63, 3.8) is 0 Å². The number of nitro benzene ring substituents is 1. The van der Waals surface area contributed by atoms with Crippen molar-refractivity contribution in [2.45, 2.75) is 32.2 Å². The van der Waals surface area contributed by atoms with Gasteiger partial charge in [-0.15, -0.1) is 0 Å². The van der Waals surface area contributed by atoms with Crippen molar-refractivity contribution in [1.82, 2.24) is 14.9 Å². The molecule has 0 bridgehead atoms. The number of carbonyl (C=O) groups excluding carboxylic acids is 1. The maximum Gasteiger partial charge on any atom is 0.322 e. The molecule has 1 aliphatic rings. The maximum absolute atomic E-state index is 12.6. The zero-order valence-electron chi connectivity index (χ0n) is 13.4. The molecule has 0 radical (unpaired) electrons. The second-order valence-electron chi connectivity index (χ2n) is 5.87. The molecule has 1 aliphatic heterocycles. The van der Waals surface area contributed by atoms with E-state index in [-0.39, 0.29) is 17.8 Å². The van der Waals surface area contributed by atoms with E-state index in [4.69, 9.17) is 0 Å². The van der Waals surface area contributed by atoms with Crippen LogP contribution < -0.4 is 5.32 Å². The molecule has 8 nitrogen and oxygen atoms in total. The van der Waals surface area contributed by atoms with Crippen LogP contribution in [-0.2, 0) is 0 Å². The number of anilines is 1. The van der Waals surface area contributed by atoms with Crippen molar-refractivity contribution in [1.29, 1.82) is 0 Å². The Morgan fingerprint density at radius 1 is 1.46 bits per heavy atom. The lowest BCUT2D eigenvalue weighted by atomic mass is 10.0. The molecule has 3 rings (SSSR count). The van der Waals surface area contributed by atoms with Crippen LogP contribution in [-0.4, -0.2) is 32.4 Å². The van der Waals surface area contributed by atoms with Crippen LogP contribution in [0.2, 0.25) is 0 Å². The summed E-state index contributed by atoms with van der Waals surface area (Å²) in [5.74, 6) is 0.782. The number of hydrogen-bond acceptors (Lipinski definition) is 4. The minimum absolute atomic E-state index is 0.0411. The van der Waals surface area contributed by atoms with Crippen molar-refractivity contribution in [2.75, 3.05) is 11.9 Å². The van der Waals surface area contributed by atoms with Crippen molar-refractivity contribution < 1.29 is 9.72 Å². The van der Waals surface area contributed by atoms with Crippen LogP contribution in [0.25, 0.3) is 0 Å². The fraction of sp³-hybridized carbons (Fsp3) is 0.375. The molecule has 1 aromatic carbocycles. The van der Waals surface area contributed by atoms with Gasteiger partial charge in [0, 0.05) is 36.3 Å². The lowest BCUT2D eigenvalue weighted by molar-refractivity contribution is -0.385. The normalized spacial score (nSPS) is 17.5. The first-order valence-corrected chi connectivity index (χ1v) is 7.88. The predicted octanol–water partition coefficient (Wildman–Crippen LogP) is 3.39. The van der Waals surface area contributed by atoms with Gasteiger partial charge >= 0.3 is 6.03 Å². The summed E-state index contributed by atoms with van der Waals surface area (Å²) in [4.78, 5) is 32.2. The van der Waals surface area contributed by atoms with Gasteiger partial charge in [0.05, 0.1) is 11.0 Å². The number of piperidine rings is 1. The molecule has 1 atom stereocenters. The number of benzene rings is 1. The zero-order valence-corrected chi connectivity index (χ0v) is 13.4. The minimum atomic E-state index is -0.432. The standard InChI is InChI=1S/C16H19N5O3/c1-11-10-12(5-6-13(11)21(23)24)19-16(22)20-9-3-2-4-14(20)15-17-7-8-18-15/h5-8,10,14H,2-4,9H2,1H3,(H,17,18)(H,19,22). The molecule has 1 aromatic heterocycles. The first-order valence-electron chi connectivity index (χ1n) is 7.88. The summed E-state index contributed by atoms with van der Waals surface area (Å²) in [6.07, 6.45) is 6.29. The van der Waals surface area contributed by atoms with Gasteiger partial charge in [0.1, 0.15) is 5.82 Å². The molecule has 126 valence electrons. The van der Waals surface area contributed by atoms with Crippen molar-refractivity contribution in [3.05, 3.63) is 52.1 Å². The summed E-state index contributed by atoms with van der Waals surface area (Å²) < 4.78 is 0. The number of nitrogens with one attached hydrogen (secondary N) is 2. The number of nitro groups is 1. The molecule has 1 saturated heterocycles. The van der Waals surface area contributed by atoms with Gasteiger partial charge in [-0.1, -0.05) is 0 Å². The maximum atomic E-state index is 12.6. The third kappa shape index (κ3) is 3.22. The monoisotopic (exact) mass is 329 g/mol. The number of urea groups is 1. The van der Waals surface area contributed by atoms with Gasteiger partial charge in [0.25, 0.3) is 5.69 Å². The first kappa shape index (κ1) is 16.0. The van der Waals surface area contributed by atoms with Crippen LogP contribution in [0.5, 0.6) is 0 Å². The van der Waals surface area contributed by atoms with Crippen LogP contribution in [0, 0.1) is 17.0 Å². The molecule has 2 heterocycles. The highest BCUT2D eigenvalue weighted by Gasteiger charge is 2.29. The summed E-state index contributed by atoms with van der Waals surface area (Å²) >= 11 is 0. The van der Waals surface area contributed by atoms with E-state index in [9.17, 15) is 14.9 Å². The molecule has 0 aliphatic carbocycles. The van der Waals surface area contributed by atoms with Crippen LogP contribution in [0.3, 0.4) is 0 Å². The highest BCUT2D eigenvalue weighted by molar-refractivity contribution is 5.90. The van der Waals surface area contributed by atoms with Crippen LogP contribution in [0.4, 0.5) is 16.2 Å². The largest absolute Gasteiger partial charge is 0.347 e. The number of rotatable bonds is 3. The summed E-state index contributed by atoms with van der Waals surface area (Å²) in [6, 6.07) is 4.28. The molecule has 2 amide bonds. The third-order valence-electron chi connectivity index (χ3n) is 4.24. The van der Waals surface area contributed by atoms with Gasteiger partial charge in [0.15, 0.2) is 0 Å². The average molecular weight is 329 g/mol. The number of H-pyrrole nitrogens is 1. The van der Waals surface area contributed by atoms with E-state index in [1.54, 1.807) is 36.4 Å². The van der Waals surface area contributed by atoms with Gasteiger partial charge in [-0.2, -0.15) is 0 Å². The SMILES string of the molecule is Cc1cc(NC(=O)N2CCCCC2c2ncc[nH]2)ccc1[N+](=O)[O-]. The number of aromatic nitrogens is 2. The number of amides is 2. The molecule has 8 heteroatoms. The Morgan fingerprint density at radius 2 is 2.29 bits per heavy atom. The average Bonchev–Trinajstić information content (AvgIpc) is 3.09. The molecule has 1 unspecified atom stereocenters. The molecule has 1 fully saturated rings. The van der Waals surface area contributed by atoms with Crippen LogP contribution >= 0.6 is 0 Å². The van der Waals surface area contributed by atoms with Crippen molar-refractivity contribution in [2.24, 2.45) is 0 Å². The number of hydrogen-bond donors (Lipinski definition) is 2. The number of nitrogens with zero attached hydrogens (tertiary/aromatic N) is 3. The van der Waals surface area contributed by atoms with Crippen LogP contribution in [0.1, 0.15) is 36.7 Å². The molecular weight excluding hydrogens is 310 g/mol. The lowest BCUT2D eigenvalue weighted by Gasteiger charge is -2.34. The molecule has 24 heavy (non-hydrogen) atoms. The highest BCUT2D eigenvalue weighted by atomic mass is 16.6. The fourth-order valence-electron chi connectivity index (χ4n) is 3.05. The van der Waals surface area contributed by atoms with Crippen molar-refractivity contribution >= 4 is 17.4 Å². The predicted molar refractivity (Wildman–Crippen MR) is 88.7 cm³/mol. The van der Waals surface area contributed by atoms with E-state index in [0.717, 1.165) is 25.1 Å². The molecule has 2 N–H and O–H groups in total. The Hall–Kier alpha value is -2.90. The van der Waals surface area contributed by atoms with E-state index in [1.165, 1.54) is 6.07 Å².